The average molecular weight is 444 g/mol. The Morgan fingerprint density at radius 3 is 2.24 bits per heavy atom. The van der Waals surface area contributed by atoms with Crippen LogP contribution in [0.5, 0.6) is 5.75 Å². The predicted molar refractivity (Wildman–Crippen MR) is 127 cm³/mol. The molecule has 0 spiro atoms. The van der Waals surface area contributed by atoms with Crippen molar-refractivity contribution in [2.45, 2.75) is 38.8 Å². The fraction of sp³-hybridized carbons (Fsp3) is 0.286. The number of cyclic esters (lactones) is 1. The zero-order chi connectivity index (χ0) is 23.2. The van der Waals surface area contributed by atoms with Crippen LogP contribution in [0.1, 0.15) is 48.9 Å². The maximum Gasteiger partial charge on any atom is 0.417 e. The minimum Gasteiger partial charge on any atom is -0.489 e. The number of hydrogen-bond acceptors (Lipinski definition) is 4. The second-order valence-corrected chi connectivity index (χ2v) is 8.67. The summed E-state index contributed by atoms with van der Waals surface area (Å²) in [4.78, 5) is 26.9. The Morgan fingerprint density at radius 2 is 1.61 bits per heavy atom. The second-order valence-electron chi connectivity index (χ2n) is 8.67. The van der Waals surface area contributed by atoms with Gasteiger partial charge in [0.2, 0.25) is 5.91 Å². The Kier molecular flexibility index (Phi) is 7.08. The van der Waals surface area contributed by atoms with Gasteiger partial charge in [-0.2, -0.15) is 0 Å². The largest absolute Gasteiger partial charge is 0.489 e. The Balaban J connectivity index is 1.44. The van der Waals surface area contributed by atoms with E-state index in [9.17, 15) is 9.59 Å². The van der Waals surface area contributed by atoms with Crippen LogP contribution in [0.25, 0.3) is 0 Å². The summed E-state index contributed by atoms with van der Waals surface area (Å²) in [6, 6.07) is 27.1. The molecule has 33 heavy (non-hydrogen) atoms. The molecule has 0 aliphatic carbocycles. The number of carbonyl (C=O) groups is 2. The van der Waals surface area contributed by atoms with Crippen LogP contribution in [0.2, 0.25) is 0 Å². The van der Waals surface area contributed by atoms with Crippen LogP contribution >= 0.6 is 0 Å². The molecule has 0 aromatic heterocycles. The van der Waals surface area contributed by atoms with Crippen molar-refractivity contribution in [2.24, 2.45) is 5.92 Å². The summed E-state index contributed by atoms with van der Waals surface area (Å²) < 4.78 is 11.1. The first kappa shape index (κ1) is 22.6. The van der Waals surface area contributed by atoms with Crippen LogP contribution in [0.4, 0.5) is 4.79 Å². The molecule has 1 aliphatic rings. The third kappa shape index (κ3) is 5.43. The molecule has 0 radical (unpaired) electrons. The van der Waals surface area contributed by atoms with E-state index in [2.05, 4.69) is 13.8 Å². The molecular weight excluding hydrogens is 414 g/mol. The van der Waals surface area contributed by atoms with Gasteiger partial charge in [-0.05, 0) is 40.7 Å². The Bertz CT molecular complexity index is 1060. The Labute approximate surface area is 194 Å². The van der Waals surface area contributed by atoms with Crippen LogP contribution in [0, 0.1) is 5.92 Å². The standard InChI is InChI=1S/C28H29NO4/c1-20(2)25(22-13-15-24(16-14-22)32-18-21-9-5-3-6-10-21)17-27(30)29-26(19-33-28(29)31)23-11-7-4-8-12-23/h3-16,20,25-26H,17-19H2,1-2H3/t25-,26-/m0/s1. The van der Waals surface area contributed by atoms with Crippen molar-refractivity contribution in [3.8, 4) is 5.75 Å². The van der Waals surface area contributed by atoms with Gasteiger partial charge >= 0.3 is 6.09 Å². The lowest BCUT2D eigenvalue weighted by molar-refractivity contribution is -0.130. The summed E-state index contributed by atoms with van der Waals surface area (Å²) in [5.41, 5.74) is 3.06. The van der Waals surface area contributed by atoms with Crippen molar-refractivity contribution in [2.75, 3.05) is 6.61 Å². The number of benzene rings is 3. The number of amides is 2. The molecule has 0 unspecified atom stereocenters. The molecule has 1 aliphatic heterocycles. The smallest absolute Gasteiger partial charge is 0.417 e. The SMILES string of the molecule is CC(C)[C@H](CC(=O)N1C(=O)OC[C@H]1c1ccccc1)c1ccc(OCc2ccccc2)cc1. The van der Waals surface area contributed by atoms with Crippen molar-refractivity contribution in [3.05, 3.63) is 102 Å². The Morgan fingerprint density at radius 1 is 0.970 bits per heavy atom. The van der Waals surface area contributed by atoms with Crippen LogP contribution in [0.3, 0.4) is 0 Å². The predicted octanol–water partition coefficient (Wildman–Crippen LogP) is 6.12. The molecule has 0 saturated carbocycles. The van der Waals surface area contributed by atoms with E-state index in [0.29, 0.717) is 6.61 Å². The van der Waals surface area contributed by atoms with Crippen LogP contribution in [-0.2, 0) is 16.1 Å². The zero-order valence-corrected chi connectivity index (χ0v) is 19.0. The molecule has 3 aromatic rings. The summed E-state index contributed by atoms with van der Waals surface area (Å²) in [5, 5.41) is 0. The van der Waals surface area contributed by atoms with Crippen molar-refractivity contribution in [1.29, 1.82) is 0 Å². The number of ether oxygens (including phenoxy) is 2. The quantitative estimate of drug-likeness (QED) is 0.421. The highest BCUT2D eigenvalue weighted by Crippen LogP contribution is 2.34. The molecular formula is C28H29NO4. The lowest BCUT2D eigenvalue weighted by Crippen LogP contribution is -2.35. The zero-order valence-electron chi connectivity index (χ0n) is 19.0. The fourth-order valence-electron chi connectivity index (χ4n) is 4.19. The van der Waals surface area contributed by atoms with E-state index in [1.165, 1.54) is 4.90 Å². The van der Waals surface area contributed by atoms with Gasteiger partial charge in [0.15, 0.2) is 0 Å². The number of carbonyl (C=O) groups excluding carboxylic acids is 2. The molecule has 2 atom stereocenters. The summed E-state index contributed by atoms with van der Waals surface area (Å²) >= 11 is 0. The lowest BCUT2D eigenvalue weighted by atomic mass is 9.85. The molecule has 5 heteroatoms. The molecule has 170 valence electrons. The van der Waals surface area contributed by atoms with Crippen molar-refractivity contribution < 1.29 is 19.1 Å². The second kappa shape index (κ2) is 10.3. The third-order valence-corrected chi connectivity index (χ3v) is 6.08. The molecule has 0 N–H and O–H groups in total. The lowest BCUT2D eigenvalue weighted by Gasteiger charge is -2.25. The van der Waals surface area contributed by atoms with Crippen molar-refractivity contribution >= 4 is 12.0 Å². The van der Waals surface area contributed by atoms with Gasteiger partial charge in [0.1, 0.15) is 25.0 Å². The monoisotopic (exact) mass is 443 g/mol. The highest BCUT2D eigenvalue weighted by atomic mass is 16.6. The van der Waals surface area contributed by atoms with Crippen LogP contribution < -0.4 is 4.74 Å². The highest BCUT2D eigenvalue weighted by molar-refractivity contribution is 5.94. The maximum absolute atomic E-state index is 13.3. The van der Waals surface area contributed by atoms with Gasteiger partial charge in [-0.15, -0.1) is 0 Å². The summed E-state index contributed by atoms with van der Waals surface area (Å²) in [6.07, 6.45) is -0.332. The van der Waals surface area contributed by atoms with Gasteiger partial charge in [-0.3, -0.25) is 4.79 Å². The number of nitrogens with zero attached hydrogens (tertiary/aromatic N) is 1. The van der Waals surface area contributed by atoms with Gasteiger partial charge in [0.25, 0.3) is 0 Å². The van der Waals surface area contributed by atoms with E-state index in [4.69, 9.17) is 9.47 Å². The van der Waals surface area contributed by atoms with Gasteiger partial charge in [-0.25, -0.2) is 9.69 Å². The third-order valence-electron chi connectivity index (χ3n) is 6.08. The Hall–Kier alpha value is -3.60. The van der Waals surface area contributed by atoms with E-state index >= 15 is 0 Å². The molecule has 4 rings (SSSR count). The highest BCUT2D eigenvalue weighted by Gasteiger charge is 2.39. The summed E-state index contributed by atoms with van der Waals surface area (Å²) in [6.45, 7) is 4.88. The van der Waals surface area contributed by atoms with Crippen molar-refractivity contribution in [3.63, 3.8) is 0 Å². The minimum absolute atomic E-state index is 0.0227. The van der Waals surface area contributed by atoms with Gasteiger partial charge < -0.3 is 9.47 Å². The number of rotatable bonds is 8. The van der Waals surface area contributed by atoms with Crippen molar-refractivity contribution in [1.82, 2.24) is 4.90 Å². The molecule has 1 saturated heterocycles. The van der Waals surface area contributed by atoms with E-state index in [-0.39, 0.29) is 36.8 Å². The van der Waals surface area contributed by atoms with Gasteiger partial charge in [0, 0.05) is 6.42 Å². The normalized spacial score (nSPS) is 16.5. The molecule has 1 fully saturated rings. The molecule has 2 amide bonds. The van der Waals surface area contributed by atoms with E-state index in [0.717, 1.165) is 22.4 Å². The van der Waals surface area contributed by atoms with E-state index < -0.39 is 6.09 Å². The molecule has 3 aromatic carbocycles. The maximum atomic E-state index is 13.3. The van der Waals surface area contributed by atoms with Crippen LogP contribution in [0.15, 0.2) is 84.9 Å². The average Bonchev–Trinajstić information content (AvgIpc) is 3.24. The molecule has 5 nitrogen and oxygen atoms in total. The van der Waals surface area contributed by atoms with E-state index in [1.807, 2.05) is 84.9 Å². The van der Waals surface area contributed by atoms with Crippen LogP contribution in [-0.4, -0.2) is 23.5 Å². The fourth-order valence-corrected chi connectivity index (χ4v) is 4.19. The first-order valence-electron chi connectivity index (χ1n) is 11.3. The summed E-state index contributed by atoms with van der Waals surface area (Å²) in [7, 11) is 0. The van der Waals surface area contributed by atoms with Gasteiger partial charge in [0.05, 0.1) is 0 Å². The number of imide groups is 1. The first-order valence-corrected chi connectivity index (χ1v) is 11.3. The topological polar surface area (TPSA) is 55.8 Å². The molecule has 1 heterocycles. The number of hydrogen-bond donors (Lipinski definition) is 0. The summed E-state index contributed by atoms with van der Waals surface area (Å²) in [5.74, 6) is 0.766. The minimum atomic E-state index is -0.569. The molecule has 0 bridgehead atoms. The van der Waals surface area contributed by atoms with E-state index in [1.54, 1.807) is 0 Å². The van der Waals surface area contributed by atoms with Gasteiger partial charge in [-0.1, -0.05) is 86.6 Å². The first-order chi connectivity index (χ1) is 16.0.